The maximum absolute atomic E-state index is 5.28. The molecular formula is C22H16N6O. The molecule has 2 aromatic carbocycles. The van der Waals surface area contributed by atoms with Crippen molar-refractivity contribution in [1.82, 2.24) is 19.7 Å². The van der Waals surface area contributed by atoms with Gasteiger partial charge in [0.2, 0.25) is 0 Å². The number of anilines is 1. The smallest absolute Gasteiger partial charge is 0.169 e. The molecule has 7 heteroatoms. The van der Waals surface area contributed by atoms with Crippen LogP contribution in [0.25, 0.3) is 28.0 Å². The Morgan fingerprint density at radius 2 is 1.69 bits per heavy atom. The van der Waals surface area contributed by atoms with Gasteiger partial charge in [-0.05, 0) is 24.3 Å². The monoisotopic (exact) mass is 380 g/mol. The van der Waals surface area contributed by atoms with E-state index >= 15 is 0 Å². The van der Waals surface area contributed by atoms with Gasteiger partial charge in [-0.15, -0.1) is 0 Å². The van der Waals surface area contributed by atoms with Crippen LogP contribution in [-0.4, -0.2) is 26.0 Å². The third-order valence-electron chi connectivity index (χ3n) is 4.42. The molecule has 0 saturated heterocycles. The van der Waals surface area contributed by atoms with Crippen molar-refractivity contribution in [2.75, 3.05) is 5.43 Å². The summed E-state index contributed by atoms with van der Waals surface area (Å²) in [5.41, 5.74) is 6.37. The Labute approximate surface area is 166 Å². The molecule has 0 fully saturated rings. The molecule has 5 rings (SSSR count). The van der Waals surface area contributed by atoms with Crippen molar-refractivity contribution < 1.29 is 4.42 Å². The van der Waals surface area contributed by atoms with Crippen molar-refractivity contribution in [3.63, 3.8) is 0 Å². The van der Waals surface area contributed by atoms with Gasteiger partial charge in [-0.3, -0.25) is 5.43 Å². The summed E-state index contributed by atoms with van der Waals surface area (Å²) in [6.07, 6.45) is 4.70. The first-order valence-corrected chi connectivity index (χ1v) is 9.07. The lowest BCUT2D eigenvalue weighted by molar-refractivity contribution is 0.560. The van der Waals surface area contributed by atoms with E-state index in [1.807, 2.05) is 77.5 Å². The van der Waals surface area contributed by atoms with Crippen LogP contribution in [0.5, 0.6) is 0 Å². The number of para-hydroxylation sites is 1. The predicted molar refractivity (Wildman–Crippen MR) is 112 cm³/mol. The van der Waals surface area contributed by atoms with Crippen LogP contribution >= 0.6 is 0 Å². The molecule has 3 heterocycles. The maximum Gasteiger partial charge on any atom is 0.169 e. The van der Waals surface area contributed by atoms with Gasteiger partial charge in [0.15, 0.2) is 11.5 Å². The fourth-order valence-corrected chi connectivity index (χ4v) is 3.11. The Hall–Kier alpha value is -4.26. The minimum Gasteiger partial charge on any atom is -0.463 e. The molecule has 0 unspecified atom stereocenters. The lowest BCUT2D eigenvalue weighted by atomic mass is 10.1. The molecule has 7 nitrogen and oxygen atoms in total. The van der Waals surface area contributed by atoms with Crippen LogP contribution in [0.1, 0.15) is 5.76 Å². The third kappa shape index (κ3) is 3.25. The molecule has 140 valence electrons. The molecule has 0 spiro atoms. The molecular weight excluding hydrogens is 364 g/mol. The van der Waals surface area contributed by atoms with Crippen LogP contribution in [0.15, 0.2) is 94.9 Å². The van der Waals surface area contributed by atoms with E-state index in [4.69, 9.17) is 9.52 Å². The highest BCUT2D eigenvalue weighted by atomic mass is 16.3. The molecule has 0 aliphatic heterocycles. The van der Waals surface area contributed by atoms with Crippen LogP contribution in [0.2, 0.25) is 0 Å². The number of nitrogens with one attached hydrogen (secondary N) is 1. The highest BCUT2D eigenvalue weighted by molar-refractivity contribution is 5.99. The van der Waals surface area contributed by atoms with E-state index in [2.05, 4.69) is 20.5 Å². The van der Waals surface area contributed by atoms with Crippen molar-refractivity contribution in [1.29, 1.82) is 0 Å². The topological polar surface area (TPSA) is 81.1 Å². The summed E-state index contributed by atoms with van der Waals surface area (Å²) in [6, 6.07) is 23.5. The first kappa shape index (κ1) is 16.9. The lowest BCUT2D eigenvalue weighted by Gasteiger charge is -2.03. The van der Waals surface area contributed by atoms with Gasteiger partial charge >= 0.3 is 0 Å². The molecule has 0 radical (unpaired) electrons. The molecule has 0 amide bonds. The van der Waals surface area contributed by atoms with Gasteiger partial charge in [0.25, 0.3) is 0 Å². The highest BCUT2D eigenvalue weighted by Crippen LogP contribution is 2.32. The zero-order chi connectivity index (χ0) is 19.5. The van der Waals surface area contributed by atoms with E-state index in [-0.39, 0.29) is 0 Å². The number of benzene rings is 2. The Morgan fingerprint density at radius 3 is 2.45 bits per heavy atom. The average Bonchev–Trinajstić information content (AvgIpc) is 3.43. The van der Waals surface area contributed by atoms with Gasteiger partial charge < -0.3 is 4.42 Å². The van der Waals surface area contributed by atoms with E-state index in [0.29, 0.717) is 17.2 Å². The Balaban J connectivity index is 1.67. The van der Waals surface area contributed by atoms with Crippen molar-refractivity contribution >= 4 is 23.1 Å². The molecule has 0 bridgehead atoms. The Bertz CT molecular complexity index is 1260. The van der Waals surface area contributed by atoms with E-state index in [1.165, 1.54) is 6.33 Å². The molecule has 0 atom stereocenters. The molecule has 3 aromatic heterocycles. The number of furan rings is 1. The van der Waals surface area contributed by atoms with Gasteiger partial charge in [0.1, 0.15) is 17.8 Å². The third-order valence-corrected chi connectivity index (χ3v) is 4.42. The summed E-state index contributed by atoms with van der Waals surface area (Å²) in [4.78, 5) is 8.90. The minimum atomic E-state index is 0.568. The summed E-state index contributed by atoms with van der Waals surface area (Å²) < 4.78 is 7.10. The van der Waals surface area contributed by atoms with Gasteiger partial charge in [0, 0.05) is 5.56 Å². The number of rotatable bonds is 5. The highest BCUT2D eigenvalue weighted by Gasteiger charge is 2.18. The quantitative estimate of drug-likeness (QED) is 0.358. The first-order chi connectivity index (χ1) is 14.4. The zero-order valence-electron chi connectivity index (χ0n) is 15.3. The standard InChI is InChI=1S/C22H16N6O/c1-3-8-16(9-4-1)20-19-21(26-25-14-18-12-7-13-29-18)23-15-24-22(19)28(27-20)17-10-5-2-6-11-17/h1-15H,(H,23,24,26)/b25-14+. The van der Waals surface area contributed by atoms with E-state index in [1.54, 1.807) is 12.5 Å². The van der Waals surface area contributed by atoms with Gasteiger partial charge in [-0.1, -0.05) is 48.5 Å². The van der Waals surface area contributed by atoms with Crippen molar-refractivity contribution in [2.45, 2.75) is 0 Å². The number of fused-ring (bicyclic) bond motifs is 1. The molecule has 29 heavy (non-hydrogen) atoms. The molecule has 0 saturated carbocycles. The number of hydrogen-bond acceptors (Lipinski definition) is 6. The van der Waals surface area contributed by atoms with E-state index in [0.717, 1.165) is 22.3 Å². The second-order valence-electron chi connectivity index (χ2n) is 6.27. The lowest BCUT2D eigenvalue weighted by Crippen LogP contribution is -1.99. The predicted octanol–water partition coefficient (Wildman–Crippen LogP) is 4.52. The van der Waals surface area contributed by atoms with Crippen LogP contribution in [0.4, 0.5) is 5.82 Å². The molecule has 1 N–H and O–H groups in total. The maximum atomic E-state index is 5.28. The average molecular weight is 380 g/mol. The second kappa shape index (κ2) is 7.40. The number of hydrogen-bond donors (Lipinski definition) is 1. The van der Waals surface area contributed by atoms with Crippen LogP contribution in [-0.2, 0) is 0 Å². The summed E-state index contributed by atoms with van der Waals surface area (Å²) in [7, 11) is 0. The molecule has 0 aliphatic rings. The number of aromatic nitrogens is 4. The molecule has 5 aromatic rings. The van der Waals surface area contributed by atoms with Crippen molar-refractivity contribution in [3.8, 4) is 16.9 Å². The fourth-order valence-electron chi connectivity index (χ4n) is 3.11. The summed E-state index contributed by atoms with van der Waals surface area (Å²) in [6.45, 7) is 0. The van der Waals surface area contributed by atoms with Gasteiger partial charge in [0.05, 0.1) is 23.6 Å². The SMILES string of the molecule is C(=N\Nc1ncnc2c1c(-c1ccccc1)nn2-c1ccccc1)/c1ccco1. The summed E-state index contributed by atoms with van der Waals surface area (Å²) >= 11 is 0. The van der Waals surface area contributed by atoms with Gasteiger partial charge in [-0.2, -0.15) is 10.2 Å². The normalized spacial score (nSPS) is 11.3. The van der Waals surface area contributed by atoms with Crippen LogP contribution in [0, 0.1) is 0 Å². The molecule has 0 aliphatic carbocycles. The summed E-state index contributed by atoms with van der Waals surface area (Å²) in [5, 5.41) is 9.90. The fraction of sp³-hybridized carbons (Fsp3) is 0. The van der Waals surface area contributed by atoms with Crippen molar-refractivity contribution in [2.24, 2.45) is 5.10 Å². The van der Waals surface area contributed by atoms with Crippen molar-refractivity contribution in [3.05, 3.63) is 91.1 Å². The number of nitrogens with zero attached hydrogens (tertiary/aromatic N) is 5. The van der Waals surface area contributed by atoms with E-state index < -0.39 is 0 Å². The Morgan fingerprint density at radius 1 is 0.897 bits per heavy atom. The van der Waals surface area contributed by atoms with E-state index in [9.17, 15) is 0 Å². The minimum absolute atomic E-state index is 0.568. The number of hydrazone groups is 1. The summed E-state index contributed by atoms with van der Waals surface area (Å²) in [5.74, 6) is 1.21. The first-order valence-electron chi connectivity index (χ1n) is 9.07. The Kier molecular flexibility index (Phi) is 4.31. The zero-order valence-corrected chi connectivity index (χ0v) is 15.3. The second-order valence-corrected chi connectivity index (χ2v) is 6.27. The largest absolute Gasteiger partial charge is 0.463 e. The van der Waals surface area contributed by atoms with Crippen LogP contribution in [0.3, 0.4) is 0 Å². The van der Waals surface area contributed by atoms with Crippen LogP contribution < -0.4 is 5.43 Å². The van der Waals surface area contributed by atoms with Gasteiger partial charge in [-0.25, -0.2) is 14.6 Å².